The number of carbonyl (C=O) groups excluding carboxylic acids is 1. The Morgan fingerprint density at radius 1 is 1.08 bits per heavy atom. The summed E-state index contributed by atoms with van der Waals surface area (Å²) in [6.45, 7) is 7.88. The van der Waals surface area contributed by atoms with Crippen LogP contribution in [0.3, 0.4) is 0 Å². The number of hydrogen-bond donors (Lipinski definition) is 0. The molecule has 0 unspecified atom stereocenters. The van der Waals surface area contributed by atoms with Gasteiger partial charge in [0.15, 0.2) is 0 Å². The van der Waals surface area contributed by atoms with Crippen molar-refractivity contribution < 1.29 is 9.53 Å². The summed E-state index contributed by atoms with van der Waals surface area (Å²) in [5, 5.41) is 17.5. The molecule has 0 spiro atoms. The predicted molar refractivity (Wildman–Crippen MR) is 93.5 cm³/mol. The first-order chi connectivity index (χ1) is 12.2. The van der Waals surface area contributed by atoms with Crippen LogP contribution in [0.2, 0.25) is 0 Å². The van der Waals surface area contributed by atoms with Crippen LogP contribution in [-0.2, 0) is 9.53 Å². The van der Waals surface area contributed by atoms with Crippen LogP contribution < -0.4 is 0 Å². The Morgan fingerprint density at radius 2 is 1.76 bits per heavy atom. The number of morpholine rings is 1. The summed E-state index contributed by atoms with van der Waals surface area (Å²) in [5.74, 6) is 0.642. The van der Waals surface area contributed by atoms with Crippen LogP contribution in [0.25, 0.3) is 0 Å². The van der Waals surface area contributed by atoms with E-state index in [2.05, 4.69) is 21.9 Å². The average molecular weight is 347 g/mol. The Hall–Kier alpha value is -1.67. The van der Waals surface area contributed by atoms with Crippen LogP contribution in [0.1, 0.15) is 25.7 Å². The lowest BCUT2D eigenvalue weighted by Gasteiger charge is -2.37. The van der Waals surface area contributed by atoms with Gasteiger partial charge in [0.2, 0.25) is 5.91 Å². The van der Waals surface area contributed by atoms with Gasteiger partial charge in [0.25, 0.3) is 0 Å². The lowest BCUT2D eigenvalue weighted by Crippen LogP contribution is -2.47. The van der Waals surface area contributed by atoms with Gasteiger partial charge in [-0.2, -0.15) is 10.5 Å². The lowest BCUT2D eigenvalue weighted by molar-refractivity contribution is -0.132. The smallest absolute Gasteiger partial charge is 0.236 e. The van der Waals surface area contributed by atoms with Crippen LogP contribution in [0.5, 0.6) is 0 Å². The topological polar surface area (TPSA) is 83.6 Å². The van der Waals surface area contributed by atoms with Crippen LogP contribution in [-0.4, -0.2) is 86.2 Å². The van der Waals surface area contributed by atoms with Gasteiger partial charge < -0.3 is 9.64 Å². The summed E-state index contributed by atoms with van der Waals surface area (Å²) in [7, 11) is 0. The Morgan fingerprint density at radius 3 is 2.40 bits per heavy atom. The predicted octanol–water partition coefficient (Wildman–Crippen LogP) is 0.687. The number of piperidine rings is 1. The second-order valence-electron chi connectivity index (χ2n) is 6.85. The van der Waals surface area contributed by atoms with Crippen molar-refractivity contribution in [3.05, 3.63) is 0 Å². The van der Waals surface area contributed by atoms with Crippen LogP contribution >= 0.6 is 0 Å². The van der Waals surface area contributed by atoms with E-state index in [1.807, 2.05) is 0 Å². The maximum Gasteiger partial charge on any atom is 0.236 e. The van der Waals surface area contributed by atoms with Crippen molar-refractivity contribution in [2.75, 3.05) is 65.6 Å². The van der Waals surface area contributed by atoms with Crippen LogP contribution in [0.4, 0.5) is 0 Å². The molecule has 1 atom stereocenters. The molecule has 138 valence electrons. The quantitative estimate of drug-likeness (QED) is 0.642. The molecule has 0 bridgehead atoms. The molecule has 0 N–H and O–H groups in total. The highest BCUT2D eigenvalue weighted by molar-refractivity contribution is 5.78. The molecule has 1 amide bonds. The summed E-state index contributed by atoms with van der Waals surface area (Å²) < 4.78 is 5.41. The Balaban J connectivity index is 1.79. The first-order valence-corrected chi connectivity index (χ1v) is 9.27. The van der Waals surface area contributed by atoms with Gasteiger partial charge in [0, 0.05) is 39.3 Å². The van der Waals surface area contributed by atoms with Crippen molar-refractivity contribution in [2.24, 2.45) is 5.92 Å². The van der Waals surface area contributed by atoms with E-state index < -0.39 is 0 Å². The molecule has 2 fully saturated rings. The second-order valence-corrected chi connectivity index (χ2v) is 6.85. The molecule has 0 aromatic rings. The van der Waals surface area contributed by atoms with Gasteiger partial charge in [0.1, 0.15) is 0 Å². The van der Waals surface area contributed by atoms with E-state index in [0.29, 0.717) is 38.4 Å². The van der Waals surface area contributed by atoms with Crippen molar-refractivity contribution in [3.63, 3.8) is 0 Å². The SMILES string of the molecule is N#CCCN(CCC#N)C(=O)CN1CCC[C@@H](CN2CCOCC2)C1. The zero-order valence-corrected chi connectivity index (χ0v) is 15.0. The third-order valence-corrected chi connectivity index (χ3v) is 4.92. The maximum absolute atomic E-state index is 12.6. The number of hydrogen-bond acceptors (Lipinski definition) is 6. The molecule has 2 saturated heterocycles. The summed E-state index contributed by atoms with van der Waals surface area (Å²) in [4.78, 5) is 18.9. The van der Waals surface area contributed by atoms with E-state index in [0.717, 1.165) is 52.4 Å². The van der Waals surface area contributed by atoms with E-state index in [1.54, 1.807) is 4.90 Å². The number of carbonyl (C=O) groups is 1. The molecular weight excluding hydrogens is 318 g/mol. The highest BCUT2D eigenvalue weighted by Gasteiger charge is 2.25. The molecule has 0 aliphatic carbocycles. The van der Waals surface area contributed by atoms with Crippen molar-refractivity contribution >= 4 is 5.91 Å². The third-order valence-electron chi connectivity index (χ3n) is 4.92. The monoisotopic (exact) mass is 347 g/mol. The molecule has 0 radical (unpaired) electrons. The van der Waals surface area contributed by atoms with Gasteiger partial charge in [-0.1, -0.05) is 0 Å². The number of nitriles is 2. The zero-order chi connectivity index (χ0) is 17.9. The number of nitrogens with zero attached hydrogens (tertiary/aromatic N) is 5. The minimum atomic E-state index is 0.0394. The molecular formula is C18H29N5O2. The largest absolute Gasteiger partial charge is 0.379 e. The minimum absolute atomic E-state index is 0.0394. The molecule has 2 heterocycles. The highest BCUT2D eigenvalue weighted by Crippen LogP contribution is 2.18. The van der Waals surface area contributed by atoms with Gasteiger partial charge >= 0.3 is 0 Å². The first kappa shape index (κ1) is 19.7. The van der Waals surface area contributed by atoms with E-state index in [4.69, 9.17) is 15.3 Å². The number of amides is 1. The number of ether oxygens (including phenoxy) is 1. The molecule has 0 aromatic heterocycles. The van der Waals surface area contributed by atoms with Crippen molar-refractivity contribution in [1.82, 2.24) is 14.7 Å². The minimum Gasteiger partial charge on any atom is -0.379 e. The van der Waals surface area contributed by atoms with E-state index >= 15 is 0 Å². The normalized spacial score (nSPS) is 22.1. The molecule has 2 rings (SSSR count). The fourth-order valence-electron chi connectivity index (χ4n) is 3.62. The van der Waals surface area contributed by atoms with E-state index in [-0.39, 0.29) is 5.91 Å². The highest BCUT2D eigenvalue weighted by atomic mass is 16.5. The summed E-state index contributed by atoms with van der Waals surface area (Å²) in [5.41, 5.74) is 0. The molecule has 7 heteroatoms. The molecule has 0 saturated carbocycles. The average Bonchev–Trinajstić information content (AvgIpc) is 2.63. The molecule has 7 nitrogen and oxygen atoms in total. The Kier molecular flexibility index (Phi) is 8.68. The second kappa shape index (κ2) is 11.0. The van der Waals surface area contributed by atoms with Crippen LogP contribution in [0.15, 0.2) is 0 Å². The van der Waals surface area contributed by atoms with E-state index in [1.165, 1.54) is 6.42 Å². The van der Waals surface area contributed by atoms with Crippen molar-refractivity contribution in [3.8, 4) is 12.1 Å². The first-order valence-electron chi connectivity index (χ1n) is 9.27. The Labute approximate surface area is 150 Å². The van der Waals surface area contributed by atoms with Gasteiger partial charge in [-0.3, -0.25) is 14.6 Å². The van der Waals surface area contributed by atoms with Gasteiger partial charge in [-0.15, -0.1) is 0 Å². The standard InChI is InChI=1S/C18H29N5O2/c19-5-2-8-23(9-3-6-20)18(24)16-22-7-1-4-17(15-22)14-21-10-12-25-13-11-21/h17H,1-4,7-16H2/t17-/m0/s1. The van der Waals surface area contributed by atoms with Gasteiger partial charge in [-0.25, -0.2) is 0 Å². The zero-order valence-electron chi connectivity index (χ0n) is 15.0. The van der Waals surface area contributed by atoms with E-state index in [9.17, 15) is 4.79 Å². The number of likely N-dealkylation sites (tertiary alicyclic amines) is 1. The fourth-order valence-corrected chi connectivity index (χ4v) is 3.62. The lowest BCUT2D eigenvalue weighted by atomic mass is 9.97. The Bertz CT molecular complexity index is 475. The van der Waals surface area contributed by atoms with Crippen molar-refractivity contribution in [2.45, 2.75) is 25.7 Å². The molecule has 2 aliphatic rings. The van der Waals surface area contributed by atoms with Gasteiger partial charge in [-0.05, 0) is 25.3 Å². The summed E-state index contributed by atoms with van der Waals surface area (Å²) in [6.07, 6.45) is 2.97. The third kappa shape index (κ3) is 6.99. The molecule has 2 aliphatic heterocycles. The summed E-state index contributed by atoms with van der Waals surface area (Å²) >= 11 is 0. The summed E-state index contributed by atoms with van der Waals surface area (Å²) in [6, 6.07) is 4.16. The number of rotatable bonds is 8. The van der Waals surface area contributed by atoms with Gasteiger partial charge in [0.05, 0.1) is 44.7 Å². The maximum atomic E-state index is 12.6. The molecule has 25 heavy (non-hydrogen) atoms. The van der Waals surface area contributed by atoms with Crippen molar-refractivity contribution in [1.29, 1.82) is 10.5 Å². The fraction of sp³-hybridized carbons (Fsp3) is 0.833. The van der Waals surface area contributed by atoms with Crippen LogP contribution in [0, 0.1) is 28.6 Å². The molecule has 0 aromatic carbocycles.